The van der Waals surface area contributed by atoms with Gasteiger partial charge in [0.25, 0.3) is 0 Å². The monoisotopic (exact) mass is 306 g/mol. The number of methoxy groups -OCH3 is 1. The van der Waals surface area contributed by atoms with Crippen LogP contribution in [0.25, 0.3) is 0 Å². The number of aryl methyl sites for hydroxylation is 2. The third kappa shape index (κ3) is 3.27. The SMILES string of the molecule is COc1cccc(CCc2nnc(C3CCCOC3)o2)c1F. The molecule has 0 radical (unpaired) electrons. The van der Waals surface area contributed by atoms with E-state index in [0.717, 1.165) is 19.4 Å². The van der Waals surface area contributed by atoms with Gasteiger partial charge in [0, 0.05) is 13.0 Å². The van der Waals surface area contributed by atoms with E-state index in [-0.39, 0.29) is 17.5 Å². The van der Waals surface area contributed by atoms with Crippen molar-refractivity contribution >= 4 is 0 Å². The largest absolute Gasteiger partial charge is 0.494 e. The van der Waals surface area contributed by atoms with Crippen LogP contribution in [0.2, 0.25) is 0 Å². The lowest BCUT2D eigenvalue weighted by atomic mass is 10.0. The summed E-state index contributed by atoms with van der Waals surface area (Å²) in [6.45, 7) is 1.43. The fourth-order valence-electron chi connectivity index (χ4n) is 2.62. The molecule has 118 valence electrons. The van der Waals surface area contributed by atoms with Gasteiger partial charge in [-0.2, -0.15) is 0 Å². The summed E-state index contributed by atoms with van der Waals surface area (Å²) in [5.74, 6) is 1.26. The molecule has 5 nitrogen and oxygen atoms in total. The molecule has 1 saturated heterocycles. The number of aromatic nitrogens is 2. The second-order valence-electron chi connectivity index (χ2n) is 5.38. The summed E-state index contributed by atoms with van der Waals surface area (Å²) in [6.07, 6.45) is 3.01. The van der Waals surface area contributed by atoms with Crippen LogP contribution < -0.4 is 4.74 Å². The zero-order valence-corrected chi connectivity index (χ0v) is 12.5. The number of rotatable bonds is 5. The van der Waals surface area contributed by atoms with E-state index in [9.17, 15) is 4.39 Å². The summed E-state index contributed by atoms with van der Waals surface area (Å²) >= 11 is 0. The van der Waals surface area contributed by atoms with Gasteiger partial charge >= 0.3 is 0 Å². The number of hydrogen-bond donors (Lipinski definition) is 0. The van der Waals surface area contributed by atoms with E-state index >= 15 is 0 Å². The van der Waals surface area contributed by atoms with Gasteiger partial charge in [-0.3, -0.25) is 0 Å². The molecule has 0 aliphatic carbocycles. The van der Waals surface area contributed by atoms with Crippen molar-refractivity contribution in [2.45, 2.75) is 31.6 Å². The van der Waals surface area contributed by atoms with Crippen LogP contribution in [-0.2, 0) is 17.6 Å². The lowest BCUT2D eigenvalue weighted by Gasteiger charge is -2.18. The molecule has 6 heteroatoms. The molecule has 1 aliphatic heterocycles. The van der Waals surface area contributed by atoms with Crippen LogP contribution in [0.4, 0.5) is 4.39 Å². The standard InChI is InChI=1S/C16H19FN2O3/c1-20-13-6-2-4-11(15(13)17)7-8-14-18-19-16(22-14)12-5-3-9-21-10-12/h2,4,6,12H,3,5,7-10H2,1H3. The van der Waals surface area contributed by atoms with E-state index in [0.29, 0.717) is 36.8 Å². The van der Waals surface area contributed by atoms with Gasteiger partial charge in [0.2, 0.25) is 11.8 Å². The normalized spacial score (nSPS) is 18.4. The zero-order valence-electron chi connectivity index (χ0n) is 12.5. The molecule has 3 rings (SSSR count). The number of hydrogen-bond acceptors (Lipinski definition) is 5. The van der Waals surface area contributed by atoms with Crippen molar-refractivity contribution in [2.75, 3.05) is 20.3 Å². The Bertz CT molecular complexity index is 624. The van der Waals surface area contributed by atoms with Gasteiger partial charge in [-0.25, -0.2) is 4.39 Å². The van der Waals surface area contributed by atoms with Crippen LogP contribution in [0.5, 0.6) is 5.75 Å². The molecule has 0 saturated carbocycles. The Morgan fingerprint density at radius 1 is 1.32 bits per heavy atom. The highest BCUT2D eigenvalue weighted by molar-refractivity contribution is 5.31. The molecular weight excluding hydrogens is 287 g/mol. The zero-order chi connectivity index (χ0) is 15.4. The van der Waals surface area contributed by atoms with Gasteiger partial charge in [0.05, 0.1) is 19.6 Å². The molecule has 2 heterocycles. The third-order valence-electron chi connectivity index (χ3n) is 3.86. The fourth-order valence-corrected chi connectivity index (χ4v) is 2.62. The highest BCUT2D eigenvalue weighted by Crippen LogP contribution is 2.25. The average molecular weight is 306 g/mol. The van der Waals surface area contributed by atoms with Crippen LogP contribution in [0, 0.1) is 5.82 Å². The molecule has 0 amide bonds. The predicted molar refractivity (Wildman–Crippen MR) is 77.5 cm³/mol. The first-order valence-electron chi connectivity index (χ1n) is 7.49. The van der Waals surface area contributed by atoms with Crippen molar-refractivity contribution in [1.29, 1.82) is 0 Å². The second-order valence-corrected chi connectivity index (χ2v) is 5.38. The fraction of sp³-hybridized carbons (Fsp3) is 0.500. The molecule has 1 fully saturated rings. The summed E-state index contributed by atoms with van der Waals surface area (Å²) in [6, 6.07) is 5.12. The summed E-state index contributed by atoms with van der Waals surface area (Å²) in [5.41, 5.74) is 0.583. The maximum absolute atomic E-state index is 14.1. The molecule has 1 unspecified atom stereocenters. The Labute approximate surface area is 128 Å². The number of halogens is 1. The van der Waals surface area contributed by atoms with Crippen molar-refractivity contribution in [3.8, 4) is 5.75 Å². The topological polar surface area (TPSA) is 57.4 Å². The van der Waals surface area contributed by atoms with Crippen molar-refractivity contribution in [3.63, 3.8) is 0 Å². The summed E-state index contributed by atoms with van der Waals surface area (Å²) in [4.78, 5) is 0. The summed E-state index contributed by atoms with van der Waals surface area (Å²) in [5, 5.41) is 8.15. The lowest BCUT2D eigenvalue weighted by Crippen LogP contribution is -2.15. The van der Waals surface area contributed by atoms with Crippen molar-refractivity contribution < 1.29 is 18.3 Å². The molecule has 1 atom stereocenters. The van der Waals surface area contributed by atoms with Crippen molar-refractivity contribution in [3.05, 3.63) is 41.4 Å². The van der Waals surface area contributed by atoms with Gasteiger partial charge in [0.15, 0.2) is 11.6 Å². The average Bonchev–Trinajstić information content (AvgIpc) is 3.04. The first-order valence-corrected chi connectivity index (χ1v) is 7.49. The minimum absolute atomic E-state index is 0.184. The molecule has 1 aliphatic rings. The van der Waals surface area contributed by atoms with Gasteiger partial charge < -0.3 is 13.9 Å². The van der Waals surface area contributed by atoms with Crippen LogP contribution >= 0.6 is 0 Å². The summed E-state index contributed by atoms with van der Waals surface area (Å²) < 4.78 is 30.2. The smallest absolute Gasteiger partial charge is 0.221 e. The van der Waals surface area contributed by atoms with Gasteiger partial charge in [-0.05, 0) is 30.9 Å². The maximum Gasteiger partial charge on any atom is 0.221 e. The second kappa shape index (κ2) is 6.87. The lowest BCUT2D eigenvalue weighted by molar-refractivity contribution is 0.0721. The van der Waals surface area contributed by atoms with Crippen molar-refractivity contribution in [1.82, 2.24) is 10.2 Å². The van der Waals surface area contributed by atoms with Crippen molar-refractivity contribution in [2.24, 2.45) is 0 Å². The maximum atomic E-state index is 14.1. The molecule has 22 heavy (non-hydrogen) atoms. The minimum Gasteiger partial charge on any atom is -0.494 e. The molecule has 0 N–H and O–H groups in total. The Morgan fingerprint density at radius 3 is 3.00 bits per heavy atom. The van der Waals surface area contributed by atoms with E-state index in [1.807, 2.05) is 0 Å². The van der Waals surface area contributed by atoms with E-state index in [1.54, 1.807) is 18.2 Å². The molecule has 1 aromatic heterocycles. The van der Waals surface area contributed by atoms with Gasteiger partial charge in [0.1, 0.15) is 0 Å². The Balaban J connectivity index is 1.63. The Kier molecular flexibility index (Phi) is 4.68. The third-order valence-corrected chi connectivity index (χ3v) is 3.86. The molecule has 1 aromatic carbocycles. The summed E-state index contributed by atoms with van der Waals surface area (Å²) in [7, 11) is 1.46. The van der Waals surface area contributed by atoms with Crippen LogP contribution in [0.15, 0.2) is 22.6 Å². The number of benzene rings is 1. The van der Waals surface area contributed by atoms with Gasteiger partial charge in [-0.1, -0.05) is 12.1 Å². The first-order chi connectivity index (χ1) is 10.8. The quantitative estimate of drug-likeness (QED) is 0.850. The molecular formula is C16H19FN2O3. The number of nitrogens with zero attached hydrogens (tertiary/aromatic N) is 2. The van der Waals surface area contributed by atoms with Crippen LogP contribution in [0.1, 0.15) is 36.1 Å². The molecule has 0 bridgehead atoms. The van der Waals surface area contributed by atoms with E-state index < -0.39 is 0 Å². The minimum atomic E-state index is -0.328. The Hall–Kier alpha value is -1.95. The Morgan fingerprint density at radius 2 is 2.23 bits per heavy atom. The van der Waals surface area contributed by atoms with Crippen LogP contribution in [-0.4, -0.2) is 30.5 Å². The van der Waals surface area contributed by atoms with E-state index in [1.165, 1.54) is 7.11 Å². The predicted octanol–water partition coefficient (Wildman–Crippen LogP) is 2.90. The molecule has 0 spiro atoms. The highest BCUT2D eigenvalue weighted by atomic mass is 19.1. The highest BCUT2D eigenvalue weighted by Gasteiger charge is 2.22. The van der Waals surface area contributed by atoms with E-state index in [2.05, 4.69) is 10.2 Å². The van der Waals surface area contributed by atoms with Gasteiger partial charge in [-0.15, -0.1) is 10.2 Å². The number of ether oxygens (including phenoxy) is 2. The first kappa shape index (κ1) is 15.0. The molecule has 2 aromatic rings. The van der Waals surface area contributed by atoms with E-state index in [4.69, 9.17) is 13.9 Å². The van der Waals surface area contributed by atoms with Crippen LogP contribution in [0.3, 0.4) is 0 Å².